The van der Waals surface area contributed by atoms with Crippen molar-refractivity contribution < 1.29 is 4.79 Å². The third-order valence-electron chi connectivity index (χ3n) is 4.22. The van der Waals surface area contributed by atoms with E-state index in [0.29, 0.717) is 12.6 Å². The first kappa shape index (κ1) is 16.8. The summed E-state index contributed by atoms with van der Waals surface area (Å²) in [5.41, 5.74) is 2.45. The van der Waals surface area contributed by atoms with Crippen LogP contribution in [0.15, 0.2) is 24.3 Å². The summed E-state index contributed by atoms with van der Waals surface area (Å²) in [6.07, 6.45) is 1.05. The summed E-state index contributed by atoms with van der Waals surface area (Å²) in [6, 6.07) is 8.81. The fourth-order valence-corrected chi connectivity index (χ4v) is 2.86. The molecule has 122 valence electrons. The molecule has 0 saturated carbocycles. The van der Waals surface area contributed by atoms with E-state index in [4.69, 9.17) is 0 Å². The molecule has 1 aromatic carbocycles. The molecule has 5 nitrogen and oxygen atoms in total. The van der Waals surface area contributed by atoms with Crippen LogP contribution >= 0.6 is 0 Å². The Morgan fingerprint density at radius 2 is 1.91 bits per heavy atom. The van der Waals surface area contributed by atoms with Crippen molar-refractivity contribution in [2.75, 3.05) is 41.3 Å². The average molecular weight is 304 g/mol. The minimum atomic E-state index is 0.0454. The van der Waals surface area contributed by atoms with E-state index >= 15 is 0 Å². The average Bonchev–Trinajstić information content (AvgIpc) is 2.95. The van der Waals surface area contributed by atoms with Crippen LogP contribution in [0, 0.1) is 0 Å². The number of nitrogens with one attached hydrogen (secondary N) is 1. The summed E-state index contributed by atoms with van der Waals surface area (Å²) in [5, 5.41) is 3.06. The number of carbonyl (C=O) groups is 1. The first-order chi connectivity index (χ1) is 10.5. The van der Waals surface area contributed by atoms with E-state index in [1.165, 1.54) is 11.1 Å². The number of amides is 2. The monoisotopic (exact) mass is 304 g/mol. The third-order valence-corrected chi connectivity index (χ3v) is 4.22. The van der Waals surface area contributed by atoms with Crippen molar-refractivity contribution in [1.82, 2.24) is 20.0 Å². The van der Waals surface area contributed by atoms with E-state index in [-0.39, 0.29) is 6.03 Å². The lowest BCUT2D eigenvalue weighted by Crippen LogP contribution is -2.40. The molecule has 1 saturated heterocycles. The Bertz CT molecular complexity index is 501. The minimum Gasteiger partial charge on any atom is -0.334 e. The second kappa shape index (κ2) is 7.61. The van der Waals surface area contributed by atoms with Crippen molar-refractivity contribution in [3.05, 3.63) is 35.4 Å². The summed E-state index contributed by atoms with van der Waals surface area (Å²) in [6.45, 7) is 3.14. The molecule has 0 aromatic heterocycles. The molecule has 0 aliphatic carbocycles. The van der Waals surface area contributed by atoms with E-state index in [2.05, 4.69) is 55.4 Å². The van der Waals surface area contributed by atoms with Gasteiger partial charge in [0.2, 0.25) is 0 Å². The molecular weight excluding hydrogens is 276 g/mol. The van der Waals surface area contributed by atoms with Crippen LogP contribution in [0.5, 0.6) is 0 Å². The van der Waals surface area contributed by atoms with Gasteiger partial charge in [-0.3, -0.25) is 0 Å². The Hall–Kier alpha value is -1.59. The number of likely N-dealkylation sites (N-methyl/N-ethyl adjacent to an activating group) is 1. The molecular formula is C17H28N4O. The third kappa shape index (κ3) is 4.45. The number of carbonyl (C=O) groups excluding carboxylic acids is 1. The van der Waals surface area contributed by atoms with E-state index in [1.807, 2.05) is 17.0 Å². The molecule has 1 unspecified atom stereocenters. The number of hydrogen-bond acceptors (Lipinski definition) is 3. The maximum Gasteiger partial charge on any atom is 0.317 e. The van der Waals surface area contributed by atoms with Crippen LogP contribution in [0.3, 0.4) is 0 Å². The van der Waals surface area contributed by atoms with Crippen LogP contribution in [0.25, 0.3) is 0 Å². The fraction of sp³-hybridized carbons (Fsp3) is 0.588. The zero-order valence-corrected chi connectivity index (χ0v) is 14.2. The van der Waals surface area contributed by atoms with Gasteiger partial charge in [0.15, 0.2) is 0 Å². The van der Waals surface area contributed by atoms with E-state index < -0.39 is 0 Å². The van der Waals surface area contributed by atoms with Gasteiger partial charge < -0.3 is 20.0 Å². The van der Waals surface area contributed by atoms with Crippen molar-refractivity contribution in [2.24, 2.45) is 0 Å². The summed E-state index contributed by atoms with van der Waals surface area (Å²) in [4.78, 5) is 18.6. The molecule has 0 bridgehead atoms. The first-order valence-electron chi connectivity index (χ1n) is 7.88. The molecule has 1 aliphatic rings. The standard InChI is InChI=1S/C17H28N4O/c1-19(2)12-15-8-6-5-7-14(15)11-18-17(22)21-10-9-16(13-21)20(3)4/h5-8,16H,9-13H2,1-4H3,(H,18,22). The van der Waals surface area contributed by atoms with Crippen LogP contribution in [0.2, 0.25) is 0 Å². The van der Waals surface area contributed by atoms with Gasteiger partial charge in [-0.25, -0.2) is 4.79 Å². The van der Waals surface area contributed by atoms with Crippen LogP contribution in [-0.4, -0.2) is 68.1 Å². The molecule has 1 fully saturated rings. The summed E-state index contributed by atoms with van der Waals surface area (Å²) in [7, 11) is 8.26. The largest absolute Gasteiger partial charge is 0.334 e. The molecule has 22 heavy (non-hydrogen) atoms. The number of urea groups is 1. The number of benzene rings is 1. The number of nitrogens with zero attached hydrogens (tertiary/aromatic N) is 3. The Morgan fingerprint density at radius 1 is 1.23 bits per heavy atom. The molecule has 1 atom stereocenters. The molecule has 1 aromatic rings. The van der Waals surface area contributed by atoms with Gasteiger partial charge in [-0.05, 0) is 45.7 Å². The molecule has 1 N–H and O–H groups in total. The van der Waals surface area contributed by atoms with Gasteiger partial charge in [-0.1, -0.05) is 24.3 Å². The zero-order chi connectivity index (χ0) is 16.1. The molecule has 2 rings (SSSR count). The van der Waals surface area contributed by atoms with Crippen molar-refractivity contribution >= 4 is 6.03 Å². The quantitative estimate of drug-likeness (QED) is 0.898. The van der Waals surface area contributed by atoms with Crippen molar-refractivity contribution in [3.8, 4) is 0 Å². The van der Waals surface area contributed by atoms with Gasteiger partial charge >= 0.3 is 6.03 Å². The van der Waals surface area contributed by atoms with Gasteiger partial charge in [0, 0.05) is 32.2 Å². The maximum absolute atomic E-state index is 12.3. The van der Waals surface area contributed by atoms with E-state index in [9.17, 15) is 4.79 Å². The first-order valence-corrected chi connectivity index (χ1v) is 7.88. The van der Waals surface area contributed by atoms with Gasteiger partial charge in [-0.2, -0.15) is 0 Å². The second-order valence-corrected chi connectivity index (χ2v) is 6.52. The van der Waals surface area contributed by atoms with Crippen LogP contribution in [0.4, 0.5) is 4.79 Å². The lowest BCUT2D eigenvalue weighted by molar-refractivity contribution is 0.203. The lowest BCUT2D eigenvalue weighted by atomic mass is 10.1. The summed E-state index contributed by atoms with van der Waals surface area (Å²) in [5.74, 6) is 0. The van der Waals surface area contributed by atoms with Crippen LogP contribution in [-0.2, 0) is 13.1 Å². The molecule has 1 heterocycles. The predicted octanol–water partition coefficient (Wildman–Crippen LogP) is 1.59. The van der Waals surface area contributed by atoms with Gasteiger partial charge in [0.1, 0.15) is 0 Å². The Morgan fingerprint density at radius 3 is 2.50 bits per heavy atom. The Kier molecular flexibility index (Phi) is 5.80. The highest BCUT2D eigenvalue weighted by Gasteiger charge is 2.27. The van der Waals surface area contributed by atoms with E-state index in [0.717, 1.165) is 26.1 Å². The predicted molar refractivity (Wildman–Crippen MR) is 89.7 cm³/mol. The second-order valence-electron chi connectivity index (χ2n) is 6.52. The maximum atomic E-state index is 12.3. The van der Waals surface area contributed by atoms with Gasteiger partial charge in [0.05, 0.1) is 0 Å². The van der Waals surface area contributed by atoms with Crippen molar-refractivity contribution in [2.45, 2.75) is 25.6 Å². The molecule has 5 heteroatoms. The minimum absolute atomic E-state index is 0.0454. The van der Waals surface area contributed by atoms with Crippen LogP contribution in [0.1, 0.15) is 17.5 Å². The van der Waals surface area contributed by atoms with Gasteiger partial charge in [-0.15, -0.1) is 0 Å². The summed E-state index contributed by atoms with van der Waals surface area (Å²) >= 11 is 0. The topological polar surface area (TPSA) is 38.8 Å². The van der Waals surface area contributed by atoms with Crippen LogP contribution < -0.4 is 5.32 Å². The number of likely N-dealkylation sites (tertiary alicyclic amines) is 1. The zero-order valence-electron chi connectivity index (χ0n) is 14.2. The lowest BCUT2D eigenvalue weighted by Gasteiger charge is -2.21. The smallest absolute Gasteiger partial charge is 0.317 e. The normalized spacial score (nSPS) is 18.3. The van der Waals surface area contributed by atoms with Crippen molar-refractivity contribution in [3.63, 3.8) is 0 Å². The summed E-state index contributed by atoms with van der Waals surface area (Å²) < 4.78 is 0. The SMILES string of the molecule is CN(C)Cc1ccccc1CNC(=O)N1CCC(N(C)C)C1. The Balaban J connectivity index is 1.89. The van der Waals surface area contributed by atoms with E-state index in [1.54, 1.807) is 0 Å². The van der Waals surface area contributed by atoms with Crippen molar-refractivity contribution in [1.29, 1.82) is 0 Å². The number of hydrogen-bond donors (Lipinski definition) is 1. The molecule has 0 spiro atoms. The highest BCUT2D eigenvalue weighted by atomic mass is 16.2. The fourth-order valence-electron chi connectivity index (χ4n) is 2.86. The molecule has 2 amide bonds. The number of rotatable bonds is 5. The molecule has 1 aliphatic heterocycles. The van der Waals surface area contributed by atoms with Gasteiger partial charge in [0.25, 0.3) is 0 Å². The highest BCUT2D eigenvalue weighted by Crippen LogP contribution is 2.14. The highest BCUT2D eigenvalue weighted by molar-refractivity contribution is 5.74. The molecule has 0 radical (unpaired) electrons. The Labute approximate surface area is 133 Å².